The van der Waals surface area contributed by atoms with Crippen molar-refractivity contribution in [2.24, 2.45) is 0 Å². The van der Waals surface area contributed by atoms with Gasteiger partial charge in [0, 0.05) is 5.56 Å². The Morgan fingerprint density at radius 2 is 1.85 bits per heavy atom. The lowest BCUT2D eigenvalue weighted by Gasteiger charge is -2.30. The van der Waals surface area contributed by atoms with Crippen LogP contribution < -0.4 is 0 Å². The van der Waals surface area contributed by atoms with Gasteiger partial charge in [-0.1, -0.05) is 42.5 Å². The quantitative estimate of drug-likeness (QED) is 0.928. The minimum Gasteiger partial charge on any atom is -0.386 e. The predicted octanol–water partition coefficient (Wildman–Crippen LogP) is 3.39. The number of aryl methyl sites for hydroxylation is 1. The Morgan fingerprint density at radius 1 is 1.10 bits per heavy atom. The second kappa shape index (κ2) is 5.73. The lowest BCUT2D eigenvalue weighted by Crippen LogP contribution is -2.28. The number of aliphatic hydroxyl groups excluding tert-OH is 1. The second-order valence-corrected chi connectivity index (χ2v) is 5.12. The van der Waals surface area contributed by atoms with E-state index in [9.17, 15) is 9.50 Å². The molecule has 0 radical (unpaired) electrons. The third-order valence-corrected chi connectivity index (χ3v) is 3.83. The van der Waals surface area contributed by atoms with Gasteiger partial charge in [0.05, 0.1) is 12.7 Å². The molecule has 0 saturated carbocycles. The molecule has 0 fully saturated rings. The van der Waals surface area contributed by atoms with E-state index in [2.05, 4.69) is 0 Å². The molecular formula is C17H17FO2. The molecule has 0 amide bonds. The first kappa shape index (κ1) is 13.3. The highest BCUT2D eigenvalue weighted by molar-refractivity contribution is 5.32. The van der Waals surface area contributed by atoms with Crippen molar-refractivity contribution in [2.45, 2.75) is 31.7 Å². The third kappa shape index (κ3) is 2.60. The molecule has 2 aromatic rings. The molecule has 1 N–H and O–H groups in total. The molecule has 2 nitrogen and oxygen atoms in total. The summed E-state index contributed by atoms with van der Waals surface area (Å²) in [4.78, 5) is 0. The summed E-state index contributed by atoms with van der Waals surface area (Å²) in [5.74, 6) is -0.266. The first-order chi connectivity index (χ1) is 9.75. The number of hydrogen-bond donors (Lipinski definition) is 1. The Labute approximate surface area is 117 Å². The summed E-state index contributed by atoms with van der Waals surface area (Å²) in [6, 6.07) is 14.4. The van der Waals surface area contributed by atoms with Gasteiger partial charge in [-0.05, 0) is 30.0 Å². The van der Waals surface area contributed by atoms with E-state index >= 15 is 0 Å². The number of rotatable bonds is 3. The summed E-state index contributed by atoms with van der Waals surface area (Å²) in [6.07, 6.45) is 0.734. The fourth-order valence-electron chi connectivity index (χ4n) is 2.69. The minimum absolute atomic E-state index is 0.191. The van der Waals surface area contributed by atoms with E-state index in [1.165, 1.54) is 11.6 Å². The molecule has 2 atom stereocenters. The molecule has 20 heavy (non-hydrogen) atoms. The molecule has 3 rings (SSSR count). The van der Waals surface area contributed by atoms with Gasteiger partial charge in [-0.25, -0.2) is 4.39 Å². The van der Waals surface area contributed by atoms with Crippen molar-refractivity contribution in [3.8, 4) is 0 Å². The maximum Gasteiger partial charge on any atom is 0.128 e. The molecule has 0 spiro atoms. The molecule has 2 aromatic carbocycles. The Morgan fingerprint density at radius 3 is 2.70 bits per heavy atom. The first-order valence-corrected chi connectivity index (χ1v) is 6.86. The Bertz CT molecular complexity index is 597. The lowest BCUT2D eigenvalue weighted by atomic mass is 9.87. The maximum absolute atomic E-state index is 13.5. The maximum atomic E-state index is 13.5. The topological polar surface area (TPSA) is 29.5 Å². The number of benzene rings is 2. The minimum atomic E-state index is -0.633. The SMILES string of the molecule is OC1c2ccccc2CCC1OCc1ccccc1F. The van der Waals surface area contributed by atoms with Crippen LogP contribution in [0.25, 0.3) is 0 Å². The van der Waals surface area contributed by atoms with Gasteiger partial charge in [0.15, 0.2) is 0 Å². The fraction of sp³-hybridized carbons (Fsp3) is 0.294. The molecule has 1 aliphatic rings. The van der Waals surface area contributed by atoms with Crippen molar-refractivity contribution in [1.29, 1.82) is 0 Å². The van der Waals surface area contributed by atoms with Crippen LogP contribution in [0.3, 0.4) is 0 Å². The average molecular weight is 272 g/mol. The molecule has 0 aliphatic heterocycles. The Hall–Kier alpha value is -1.71. The molecule has 0 saturated heterocycles. The van der Waals surface area contributed by atoms with Gasteiger partial charge in [0.25, 0.3) is 0 Å². The van der Waals surface area contributed by atoms with E-state index < -0.39 is 6.10 Å². The summed E-state index contributed by atoms with van der Waals surface area (Å²) >= 11 is 0. The number of ether oxygens (including phenoxy) is 1. The van der Waals surface area contributed by atoms with Crippen LogP contribution in [0.15, 0.2) is 48.5 Å². The average Bonchev–Trinajstić information content (AvgIpc) is 2.48. The van der Waals surface area contributed by atoms with Crippen LogP contribution in [0, 0.1) is 5.82 Å². The summed E-state index contributed by atoms with van der Waals surface area (Å²) < 4.78 is 19.3. The molecular weight excluding hydrogens is 255 g/mol. The molecule has 0 bridgehead atoms. The van der Waals surface area contributed by atoms with Crippen LogP contribution >= 0.6 is 0 Å². The van der Waals surface area contributed by atoms with Gasteiger partial charge in [0.2, 0.25) is 0 Å². The van der Waals surface area contributed by atoms with Gasteiger partial charge in [-0.3, -0.25) is 0 Å². The second-order valence-electron chi connectivity index (χ2n) is 5.12. The van der Waals surface area contributed by atoms with Crippen molar-refractivity contribution in [3.05, 3.63) is 71.0 Å². The van der Waals surface area contributed by atoms with E-state index in [1.807, 2.05) is 24.3 Å². The van der Waals surface area contributed by atoms with E-state index in [0.717, 1.165) is 18.4 Å². The van der Waals surface area contributed by atoms with Crippen LogP contribution in [0.2, 0.25) is 0 Å². The first-order valence-electron chi connectivity index (χ1n) is 6.86. The van der Waals surface area contributed by atoms with Gasteiger partial charge in [-0.15, -0.1) is 0 Å². The molecule has 2 unspecified atom stereocenters. The van der Waals surface area contributed by atoms with Crippen molar-refractivity contribution >= 4 is 0 Å². The van der Waals surface area contributed by atoms with E-state index in [4.69, 9.17) is 4.74 Å². The normalized spacial score (nSPS) is 21.5. The molecule has 104 valence electrons. The lowest BCUT2D eigenvalue weighted by molar-refractivity contribution is -0.0571. The van der Waals surface area contributed by atoms with Crippen molar-refractivity contribution < 1.29 is 14.2 Å². The highest BCUT2D eigenvalue weighted by Gasteiger charge is 2.28. The van der Waals surface area contributed by atoms with Gasteiger partial charge in [0.1, 0.15) is 11.9 Å². The van der Waals surface area contributed by atoms with E-state index in [-0.39, 0.29) is 18.5 Å². The van der Waals surface area contributed by atoms with E-state index in [1.54, 1.807) is 18.2 Å². The number of halogens is 1. The van der Waals surface area contributed by atoms with Crippen molar-refractivity contribution in [2.75, 3.05) is 0 Å². The highest BCUT2D eigenvalue weighted by atomic mass is 19.1. The highest BCUT2D eigenvalue weighted by Crippen LogP contribution is 2.32. The van der Waals surface area contributed by atoms with Crippen LogP contribution in [-0.2, 0) is 17.8 Å². The fourth-order valence-corrected chi connectivity index (χ4v) is 2.69. The number of fused-ring (bicyclic) bond motifs is 1. The van der Waals surface area contributed by atoms with Crippen LogP contribution in [-0.4, -0.2) is 11.2 Å². The summed E-state index contributed by atoms with van der Waals surface area (Å²) in [5.41, 5.74) is 2.63. The largest absolute Gasteiger partial charge is 0.386 e. The summed E-state index contributed by atoms with van der Waals surface area (Å²) in [7, 11) is 0. The zero-order valence-electron chi connectivity index (χ0n) is 11.1. The summed E-state index contributed by atoms with van der Waals surface area (Å²) in [6.45, 7) is 0.191. The van der Waals surface area contributed by atoms with Crippen molar-refractivity contribution in [3.63, 3.8) is 0 Å². The molecule has 0 heterocycles. The monoisotopic (exact) mass is 272 g/mol. The van der Waals surface area contributed by atoms with Gasteiger partial charge in [-0.2, -0.15) is 0 Å². The standard InChI is InChI=1S/C17H17FO2/c18-15-8-4-2-6-13(15)11-20-16-10-9-12-5-1-3-7-14(12)17(16)19/h1-8,16-17,19H,9-11H2. The Balaban J connectivity index is 1.69. The smallest absolute Gasteiger partial charge is 0.128 e. The zero-order valence-corrected chi connectivity index (χ0v) is 11.1. The Kier molecular flexibility index (Phi) is 3.81. The van der Waals surface area contributed by atoms with Crippen LogP contribution in [0.5, 0.6) is 0 Å². The van der Waals surface area contributed by atoms with Crippen LogP contribution in [0.1, 0.15) is 29.2 Å². The molecule has 0 aromatic heterocycles. The summed E-state index contributed by atoms with van der Waals surface area (Å²) in [5, 5.41) is 10.3. The molecule has 3 heteroatoms. The van der Waals surface area contributed by atoms with E-state index in [0.29, 0.717) is 5.56 Å². The molecule has 1 aliphatic carbocycles. The van der Waals surface area contributed by atoms with Crippen LogP contribution in [0.4, 0.5) is 4.39 Å². The number of aliphatic hydroxyl groups is 1. The van der Waals surface area contributed by atoms with Gasteiger partial charge >= 0.3 is 0 Å². The van der Waals surface area contributed by atoms with Crippen molar-refractivity contribution in [1.82, 2.24) is 0 Å². The zero-order chi connectivity index (χ0) is 13.9. The van der Waals surface area contributed by atoms with Gasteiger partial charge < -0.3 is 9.84 Å². The third-order valence-electron chi connectivity index (χ3n) is 3.83. The predicted molar refractivity (Wildman–Crippen MR) is 74.7 cm³/mol. The number of hydrogen-bond acceptors (Lipinski definition) is 2.